The Labute approximate surface area is 211 Å². The quantitative estimate of drug-likeness (QED) is 0.225. The fraction of sp³-hybridized carbons (Fsp3) is 0.217. The lowest BCUT2D eigenvalue weighted by molar-refractivity contribution is -0.148. The summed E-state index contributed by atoms with van der Waals surface area (Å²) >= 11 is 30.1. The smallest absolute Gasteiger partial charge is 0.314 e. The van der Waals surface area contributed by atoms with E-state index in [0.29, 0.717) is 10.8 Å². The summed E-state index contributed by atoms with van der Waals surface area (Å²) < 4.78 is 11.3. The number of benzene rings is 2. The third-order valence-electron chi connectivity index (χ3n) is 4.63. The SMILES string of the molecule is CC(C)C(C(=O)OCc1ccc(Oc2c(Cl)c(Cl)nc(Cl)c2Cl)cc1)c1ccc(Cl)cc1. The van der Waals surface area contributed by atoms with Crippen molar-refractivity contribution < 1.29 is 14.3 Å². The van der Waals surface area contributed by atoms with Gasteiger partial charge in [0.2, 0.25) is 0 Å². The summed E-state index contributed by atoms with van der Waals surface area (Å²) in [6, 6.07) is 14.1. The van der Waals surface area contributed by atoms with Gasteiger partial charge in [0.25, 0.3) is 0 Å². The van der Waals surface area contributed by atoms with Crippen LogP contribution in [0.5, 0.6) is 11.5 Å². The zero-order chi connectivity index (χ0) is 23.4. The molecule has 0 bridgehead atoms. The number of esters is 1. The van der Waals surface area contributed by atoms with Gasteiger partial charge in [0.15, 0.2) is 16.1 Å². The first-order valence-corrected chi connectivity index (χ1v) is 11.4. The Morgan fingerprint density at radius 3 is 1.97 bits per heavy atom. The summed E-state index contributed by atoms with van der Waals surface area (Å²) in [6.45, 7) is 4.06. The van der Waals surface area contributed by atoms with Crippen LogP contribution in [0.1, 0.15) is 30.9 Å². The van der Waals surface area contributed by atoms with E-state index in [1.54, 1.807) is 36.4 Å². The van der Waals surface area contributed by atoms with Crippen molar-refractivity contribution in [2.24, 2.45) is 5.92 Å². The van der Waals surface area contributed by atoms with Crippen molar-refractivity contribution in [3.63, 3.8) is 0 Å². The number of nitrogens with zero attached hydrogens (tertiary/aromatic N) is 1. The van der Waals surface area contributed by atoms with E-state index in [0.717, 1.165) is 11.1 Å². The first-order valence-electron chi connectivity index (χ1n) is 9.56. The molecule has 2 aromatic carbocycles. The van der Waals surface area contributed by atoms with Gasteiger partial charge in [0.05, 0.1) is 5.92 Å². The van der Waals surface area contributed by atoms with Gasteiger partial charge in [-0.15, -0.1) is 0 Å². The highest BCUT2D eigenvalue weighted by Crippen LogP contribution is 2.42. The molecule has 0 saturated heterocycles. The molecule has 1 atom stereocenters. The monoisotopic (exact) mass is 531 g/mol. The molecule has 0 spiro atoms. The summed E-state index contributed by atoms with van der Waals surface area (Å²) in [5.74, 6) is -0.0701. The highest BCUT2D eigenvalue weighted by Gasteiger charge is 2.26. The molecule has 0 fully saturated rings. The van der Waals surface area contributed by atoms with Crippen LogP contribution >= 0.6 is 58.0 Å². The normalized spacial score (nSPS) is 12.0. The molecule has 3 aromatic rings. The minimum Gasteiger partial charge on any atom is -0.460 e. The lowest BCUT2D eigenvalue weighted by atomic mass is 9.88. The van der Waals surface area contributed by atoms with E-state index in [-0.39, 0.29) is 50.5 Å². The van der Waals surface area contributed by atoms with Crippen LogP contribution in [-0.4, -0.2) is 11.0 Å². The molecule has 3 rings (SSSR count). The molecule has 1 heterocycles. The van der Waals surface area contributed by atoms with Crippen LogP contribution in [0.25, 0.3) is 0 Å². The van der Waals surface area contributed by atoms with Crippen LogP contribution in [0.15, 0.2) is 48.5 Å². The molecule has 0 aliphatic carbocycles. The number of ether oxygens (including phenoxy) is 2. The summed E-state index contributed by atoms with van der Waals surface area (Å²) in [5, 5.41) is 0.702. The molecule has 32 heavy (non-hydrogen) atoms. The number of halogens is 5. The van der Waals surface area contributed by atoms with Gasteiger partial charge < -0.3 is 9.47 Å². The average Bonchev–Trinajstić information content (AvgIpc) is 2.76. The number of hydrogen-bond acceptors (Lipinski definition) is 4. The van der Waals surface area contributed by atoms with E-state index >= 15 is 0 Å². The number of carbonyl (C=O) groups excluding carboxylic acids is 1. The highest BCUT2D eigenvalue weighted by molar-refractivity contribution is 6.47. The maximum Gasteiger partial charge on any atom is 0.314 e. The van der Waals surface area contributed by atoms with Crippen LogP contribution in [-0.2, 0) is 16.1 Å². The average molecular weight is 534 g/mol. The van der Waals surface area contributed by atoms with Crippen molar-refractivity contribution >= 4 is 64.0 Å². The second-order valence-electron chi connectivity index (χ2n) is 7.28. The standard InChI is InChI=1S/C23H18Cl5NO3/c1-12(2)17(14-5-7-15(24)8-6-14)23(30)31-11-13-3-9-16(10-4-13)32-20-18(25)21(27)29-22(28)19(20)26/h3-10,12,17H,11H2,1-2H3. The summed E-state index contributed by atoms with van der Waals surface area (Å²) in [4.78, 5) is 16.6. The molecule has 168 valence electrons. The Bertz CT molecular complexity index is 1080. The van der Waals surface area contributed by atoms with Gasteiger partial charge >= 0.3 is 5.97 Å². The molecule has 0 N–H and O–H groups in total. The number of pyridine rings is 1. The zero-order valence-corrected chi connectivity index (χ0v) is 20.8. The minimum absolute atomic E-state index is 0.0139. The number of carbonyl (C=O) groups is 1. The fourth-order valence-electron chi connectivity index (χ4n) is 3.04. The molecule has 0 saturated carbocycles. The van der Waals surface area contributed by atoms with Gasteiger partial charge in [-0.3, -0.25) is 4.79 Å². The van der Waals surface area contributed by atoms with Gasteiger partial charge in [0, 0.05) is 5.02 Å². The van der Waals surface area contributed by atoms with E-state index in [4.69, 9.17) is 67.5 Å². The molecule has 0 radical (unpaired) electrons. The van der Waals surface area contributed by atoms with Crippen LogP contribution in [0.3, 0.4) is 0 Å². The third-order valence-corrected chi connectivity index (χ3v) is 6.33. The predicted octanol–water partition coefficient (Wildman–Crippen LogP) is 8.62. The third kappa shape index (κ3) is 6.00. The van der Waals surface area contributed by atoms with Crippen molar-refractivity contribution in [1.82, 2.24) is 4.98 Å². The number of rotatable bonds is 7. The predicted molar refractivity (Wildman–Crippen MR) is 130 cm³/mol. The molecule has 0 amide bonds. The molecule has 1 unspecified atom stereocenters. The molecule has 0 aliphatic rings. The van der Waals surface area contributed by atoms with Crippen LogP contribution < -0.4 is 4.74 Å². The molecule has 0 aliphatic heterocycles. The second-order valence-corrected chi connectivity index (χ2v) is 9.19. The van der Waals surface area contributed by atoms with E-state index in [1.165, 1.54) is 0 Å². The zero-order valence-electron chi connectivity index (χ0n) is 17.0. The largest absolute Gasteiger partial charge is 0.460 e. The van der Waals surface area contributed by atoms with Crippen LogP contribution in [0, 0.1) is 5.92 Å². The number of aromatic nitrogens is 1. The highest BCUT2D eigenvalue weighted by atomic mass is 35.5. The van der Waals surface area contributed by atoms with Crippen molar-refractivity contribution in [3.05, 3.63) is 85.0 Å². The Balaban J connectivity index is 1.67. The maximum absolute atomic E-state index is 12.8. The second kappa shape index (κ2) is 11.0. The Hall–Kier alpha value is -1.69. The molecule has 4 nitrogen and oxygen atoms in total. The van der Waals surface area contributed by atoms with Crippen molar-refractivity contribution in [2.75, 3.05) is 0 Å². The van der Waals surface area contributed by atoms with E-state index < -0.39 is 0 Å². The van der Waals surface area contributed by atoms with Crippen LogP contribution in [0.2, 0.25) is 25.4 Å². The van der Waals surface area contributed by atoms with Crippen molar-refractivity contribution in [3.8, 4) is 11.5 Å². The van der Waals surface area contributed by atoms with Gasteiger partial charge in [-0.25, -0.2) is 4.98 Å². The Morgan fingerprint density at radius 1 is 0.875 bits per heavy atom. The molecular weight excluding hydrogens is 516 g/mol. The maximum atomic E-state index is 12.8. The Morgan fingerprint density at radius 2 is 1.44 bits per heavy atom. The summed E-state index contributed by atoms with van der Waals surface area (Å²) in [5.41, 5.74) is 1.65. The fourth-order valence-corrected chi connectivity index (χ4v) is 3.95. The first-order chi connectivity index (χ1) is 15.2. The summed E-state index contributed by atoms with van der Waals surface area (Å²) in [6.07, 6.45) is 0. The van der Waals surface area contributed by atoms with E-state index in [1.807, 2.05) is 26.0 Å². The Kier molecular flexibility index (Phi) is 8.54. The van der Waals surface area contributed by atoms with Gasteiger partial charge in [-0.1, -0.05) is 96.1 Å². The molecule has 1 aromatic heterocycles. The minimum atomic E-state index is -0.389. The van der Waals surface area contributed by atoms with E-state index in [2.05, 4.69) is 4.98 Å². The molecule has 9 heteroatoms. The van der Waals surface area contributed by atoms with Crippen molar-refractivity contribution in [2.45, 2.75) is 26.4 Å². The van der Waals surface area contributed by atoms with Gasteiger partial charge in [0.1, 0.15) is 22.4 Å². The first kappa shape index (κ1) is 24.9. The van der Waals surface area contributed by atoms with E-state index in [9.17, 15) is 4.79 Å². The molecular formula is C23H18Cl5NO3. The lowest BCUT2D eigenvalue weighted by Gasteiger charge is -2.20. The van der Waals surface area contributed by atoms with Gasteiger partial charge in [-0.05, 0) is 41.3 Å². The number of hydrogen-bond donors (Lipinski definition) is 0. The lowest BCUT2D eigenvalue weighted by Crippen LogP contribution is -2.20. The van der Waals surface area contributed by atoms with Crippen LogP contribution in [0.4, 0.5) is 0 Å². The summed E-state index contributed by atoms with van der Waals surface area (Å²) in [7, 11) is 0. The van der Waals surface area contributed by atoms with Gasteiger partial charge in [-0.2, -0.15) is 0 Å². The van der Waals surface area contributed by atoms with Crippen molar-refractivity contribution in [1.29, 1.82) is 0 Å². The topological polar surface area (TPSA) is 48.4 Å².